The van der Waals surface area contributed by atoms with Crippen molar-refractivity contribution in [3.05, 3.63) is 12.2 Å². The number of allylic oxidation sites excluding steroid dienone is 1. The van der Waals surface area contributed by atoms with E-state index in [9.17, 15) is 4.79 Å². The molecular weight excluding hydrogens is 116 g/mol. The third-order valence-electron chi connectivity index (χ3n) is 1.11. The second-order valence-electron chi connectivity index (χ2n) is 1.76. The minimum Gasteiger partial charge on any atom is -0.337 e. The topological polar surface area (TPSA) is 41.5 Å². The Bertz CT molecular complexity index is 149. The summed E-state index contributed by atoms with van der Waals surface area (Å²) in [6.07, 6.45) is 6.95. The number of carbonyl (C=O) groups is 1. The van der Waals surface area contributed by atoms with E-state index in [0.717, 1.165) is 6.42 Å². The molecule has 0 spiro atoms. The number of nitrogens with one attached hydrogen (secondary N) is 1. The van der Waals surface area contributed by atoms with Crippen LogP contribution in [0.25, 0.3) is 0 Å². The van der Waals surface area contributed by atoms with Crippen molar-refractivity contribution >= 4 is 12.6 Å². The first-order valence-corrected chi connectivity index (χ1v) is 2.81. The molecule has 9 heavy (non-hydrogen) atoms. The predicted molar refractivity (Wildman–Crippen MR) is 35.2 cm³/mol. The molecule has 0 aromatic carbocycles. The number of carbonyl (C=O) groups excluding carboxylic acids is 1. The molecule has 1 aliphatic rings. The van der Waals surface area contributed by atoms with Crippen molar-refractivity contribution in [1.29, 1.82) is 0 Å². The van der Waals surface area contributed by atoms with Crippen molar-refractivity contribution < 1.29 is 4.79 Å². The molecule has 0 aromatic heterocycles. The summed E-state index contributed by atoms with van der Waals surface area (Å²) in [6.45, 7) is 0. The van der Waals surface area contributed by atoms with Gasteiger partial charge in [-0.25, -0.2) is 0 Å². The average Bonchev–Trinajstić information content (AvgIpc) is 1.91. The summed E-state index contributed by atoms with van der Waals surface area (Å²) in [5.41, 5.74) is 0. The summed E-state index contributed by atoms with van der Waals surface area (Å²) in [5.74, 6) is 0. The van der Waals surface area contributed by atoms with Gasteiger partial charge in [0.25, 0.3) is 0 Å². The molecule has 0 fully saturated rings. The fourth-order valence-corrected chi connectivity index (χ4v) is 0.672. The summed E-state index contributed by atoms with van der Waals surface area (Å²) in [4.78, 5) is 13.8. The van der Waals surface area contributed by atoms with Gasteiger partial charge >= 0.3 is 0 Å². The second kappa shape index (κ2) is 3.02. The molecule has 1 amide bonds. The molecule has 0 aliphatic carbocycles. The zero-order valence-corrected chi connectivity index (χ0v) is 4.95. The van der Waals surface area contributed by atoms with Gasteiger partial charge in [-0.1, -0.05) is 6.08 Å². The Labute approximate surface area is 53.5 Å². The molecule has 3 nitrogen and oxygen atoms in total. The highest BCUT2D eigenvalue weighted by atomic mass is 16.1. The second-order valence-corrected chi connectivity index (χ2v) is 1.76. The van der Waals surface area contributed by atoms with Crippen LogP contribution in [0.1, 0.15) is 6.42 Å². The lowest BCUT2D eigenvalue weighted by atomic mass is 10.3. The molecule has 0 saturated carbocycles. The Morgan fingerprint density at radius 3 is 3.22 bits per heavy atom. The largest absolute Gasteiger partial charge is 0.337 e. The van der Waals surface area contributed by atoms with E-state index in [0.29, 0.717) is 6.41 Å². The number of amides is 1. The van der Waals surface area contributed by atoms with Crippen molar-refractivity contribution in [3.63, 3.8) is 0 Å². The van der Waals surface area contributed by atoms with Crippen LogP contribution < -0.4 is 5.32 Å². The zero-order chi connectivity index (χ0) is 6.53. The van der Waals surface area contributed by atoms with E-state index in [-0.39, 0.29) is 6.17 Å². The van der Waals surface area contributed by atoms with Crippen LogP contribution in [-0.2, 0) is 4.79 Å². The van der Waals surface area contributed by atoms with Gasteiger partial charge in [-0.3, -0.25) is 9.79 Å². The quantitative estimate of drug-likeness (QED) is 0.521. The molecule has 0 aromatic rings. The van der Waals surface area contributed by atoms with E-state index in [1.807, 2.05) is 12.2 Å². The summed E-state index contributed by atoms with van der Waals surface area (Å²) in [5, 5.41) is 2.55. The van der Waals surface area contributed by atoms with E-state index >= 15 is 0 Å². The lowest BCUT2D eigenvalue weighted by Crippen LogP contribution is -2.25. The number of aliphatic imine (C=N–C) groups is 1. The van der Waals surface area contributed by atoms with Crippen LogP contribution in [0.5, 0.6) is 0 Å². The van der Waals surface area contributed by atoms with Gasteiger partial charge in [-0.2, -0.15) is 0 Å². The van der Waals surface area contributed by atoms with Gasteiger partial charge < -0.3 is 5.32 Å². The molecule has 48 valence electrons. The van der Waals surface area contributed by atoms with Crippen LogP contribution in [0.2, 0.25) is 0 Å². The third kappa shape index (κ3) is 1.68. The van der Waals surface area contributed by atoms with Crippen molar-refractivity contribution in [1.82, 2.24) is 5.32 Å². The van der Waals surface area contributed by atoms with E-state index in [4.69, 9.17) is 0 Å². The summed E-state index contributed by atoms with van der Waals surface area (Å²) in [7, 11) is 0. The Morgan fingerprint density at radius 1 is 1.78 bits per heavy atom. The highest BCUT2D eigenvalue weighted by Gasteiger charge is 2.01. The van der Waals surface area contributed by atoms with Gasteiger partial charge in [0.2, 0.25) is 6.41 Å². The van der Waals surface area contributed by atoms with Gasteiger partial charge in [0.1, 0.15) is 6.17 Å². The number of rotatable bonds is 2. The van der Waals surface area contributed by atoms with E-state index in [1.54, 1.807) is 6.21 Å². The normalized spacial score (nSPS) is 23.8. The maximum atomic E-state index is 9.86. The standard InChI is InChI=1S/C6H8N2O/c9-5-8-6-3-1-2-4-7-6/h1-2,4-6H,3H2,(H,8,9). The average molecular weight is 124 g/mol. The predicted octanol–water partition coefficient (Wildman–Crippen LogP) is 0.0892. The van der Waals surface area contributed by atoms with Crippen LogP contribution in [-0.4, -0.2) is 18.8 Å². The lowest BCUT2D eigenvalue weighted by Gasteiger charge is -2.09. The van der Waals surface area contributed by atoms with Gasteiger partial charge in [-0.15, -0.1) is 0 Å². The van der Waals surface area contributed by atoms with Gasteiger partial charge in [0, 0.05) is 12.6 Å². The van der Waals surface area contributed by atoms with Crippen LogP contribution >= 0.6 is 0 Å². The van der Waals surface area contributed by atoms with E-state index < -0.39 is 0 Å². The number of nitrogens with zero attached hydrogens (tertiary/aromatic N) is 1. The molecule has 1 atom stereocenters. The Morgan fingerprint density at radius 2 is 2.67 bits per heavy atom. The fraction of sp³-hybridized carbons (Fsp3) is 0.333. The summed E-state index contributed by atoms with van der Waals surface area (Å²) in [6, 6.07) is 0. The molecule has 0 radical (unpaired) electrons. The molecule has 3 heteroatoms. The minimum absolute atomic E-state index is 0.0347. The van der Waals surface area contributed by atoms with Crippen LogP contribution in [0.4, 0.5) is 0 Å². The first-order chi connectivity index (χ1) is 4.43. The minimum atomic E-state index is -0.0347. The number of hydrogen-bond donors (Lipinski definition) is 1. The SMILES string of the molecule is O=CNC1CC=CC=N1. The van der Waals surface area contributed by atoms with Gasteiger partial charge in [0.05, 0.1) is 0 Å². The fourth-order valence-electron chi connectivity index (χ4n) is 0.672. The Hall–Kier alpha value is -1.12. The number of dihydropyridines is 1. The summed E-state index contributed by atoms with van der Waals surface area (Å²) >= 11 is 0. The summed E-state index contributed by atoms with van der Waals surface area (Å²) < 4.78 is 0. The molecule has 0 bridgehead atoms. The molecule has 1 rings (SSSR count). The van der Waals surface area contributed by atoms with Crippen LogP contribution in [0, 0.1) is 0 Å². The zero-order valence-electron chi connectivity index (χ0n) is 4.95. The molecule has 1 unspecified atom stereocenters. The number of hydrogen-bond acceptors (Lipinski definition) is 2. The van der Waals surface area contributed by atoms with Gasteiger partial charge in [0.15, 0.2) is 0 Å². The van der Waals surface area contributed by atoms with Crippen molar-refractivity contribution in [3.8, 4) is 0 Å². The van der Waals surface area contributed by atoms with Crippen molar-refractivity contribution in [2.45, 2.75) is 12.6 Å². The smallest absolute Gasteiger partial charge is 0.208 e. The maximum Gasteiger partial charge on any atom is 0.208 e. The Kier molecular flexibility index (Phi) is 2.01. The molecule has 1 aliphatic heterocycles. The third-order valence-corrected chi connectivity index (χ3v) is 1.11. The maximum absolute atomic E-state index is 9.86. The van der Waals surface area contributed by atoms with Crippen molar-refractivity contribution in [2.75, 3.05) is 0 Å². The molecule has 1 N–H and O–H groups in total. The molecule has 0 saturated heterocycles. The van der Waals surface area contributed by atoms with E-state index in [2.05, 4.69) is 10.3 Å². The highest BCUT2D eigenvalue weighted by Crippen LogP contribution is 1.97. The first kappa shape index (κ1) is 6.01. The Balaban J connectivity index is 2.36. The highest BCUT2D eigenvalue weighted by molar-refractivity contribution is 5.72. The van der Waals surface area contributed by atoms with Gasteiger partial charge in [-0.05, 0) is 6.08 Å². The van der Waals surface area contributed by atoms with Crippen molar-refractivity contribution in [2.24, 2.45) is 4.99 Å². The lowest BCUT2D eigenvalue weighted by molar-refractivity contribution is -0.110. The van der Waals surface area contributed by atoms with Crippen LogP contribution in [0.3, 0.4) is 0 Å². The van der Waals surface area contributed by atoms with E-state index in [1.165, 1.54) is 0 Å². The monoisotopic (exact) mass is 124 g/mol. The first-order valence-electron chi connectivity index (χ1n) is 2.81. The molecular formula is C6H8N2O. The molecule has 1 heterocycles. The van der Waals surface area contributed by atoms with Crippen LogP contribution in [0.15, 0.2) is 17.1 Å².